The molecule has 110 valence electrons. The quantitative estimate of drug-likeness (QED) is 0.941. The maximum absolute atomic E-state index is 13.7. The minimum Gasteiger partial charge on any atom is -0.435 e. The number of ether oxygens (including phenoxy) is 1. The van der Waals surface area contributed by atoms with Crippen LogP contribution in [0.2, 0.25) is 0 Å². The molecule has 0 amide bonds. The third-order valence-corrected chi connectivity index (χ3v) is 3.66. The Morgan fingerprint density at radius 3 is 2.76 bits per heavy atom. The van der Waals surface area contributed by atoms with Crippen LogP contribution in [0.1, 0.15) is 29.7 Å². The maximum Gasteiger partial charge on any atom is 0.224 e. The molecule has 1 aliphatic carbocycles. The number of hydrogen-bond acceptors (Lipinski definition) is 3. The third kappa shape index (κ3) is 2.88. The molecular formula is C16H16F2N2O. The van der Waals surface area contributed by atoms with Crippen LogP contribution < -0.4 is 10.5 Å². The van der Waals surface area contributed by atoms with Gasteiger partial charge in [-0.1, -0.05) is 0 Å². The van der Waals surface area contributed by atoms with Gasteiger partial charge in [-0.25, -0.2) is 13.8 Å². The number of aryl methyl sites for hydroxylation is 2. The standard InChI is InChI=1S/C16H16F2N2O/c17-12-5-6-13(18)15(8-12)21-16-11(9-19)7-10-3-1-2-4-14(10)20-16/h5-8H,1-4,9,19H2. The van der Waals surface area contributed by atoms with Crippen LogP contribution in [0.5, 0.6) is 11.6 Å². The van der Waals surface area contributed by atoms with Crippen molar-refractivity contribution < 1.29 is 13.5 Å². The highest BCUT2D eigenvalue weighted by Gasteiger charge is 2.17. The minimum atomic E-state index is -0.626. The van der Waals surface area contributed by atoms with Crippen molar-refractivity contribution in [2.45, 2.75) is 32.2 Å². The van der Waals surface area contributed by atoms with Gasteiger partial charge in [-0.3, -0.25) is 0 Å². The predicted octanol–water partition coefficient (Wildman–Crippen LogP) is 3.49. The lowest BCUT2D eigenvalue weighted by Gasteiger charge is -2.18. The highest BCUT2D eigenvalue weighted by Crippen LogP contribution is 2.30. The largest absolute Gasteiger partial charge is 0.435 e. The number of nitrogens with zero attached hydrogens (tertiary/aromatic N) is 1. The Labute approximate surface area is 121 Å². The molecule has 0 radical (unpaired) electrons. The van der Waals surface area contributed by atoms with Crippen LogP contribution in [-0.2, 0) is 19.4 Å². The first-order valence-corrected chi connectivity index (χ1v) is 7.02. The van der Waals surface area contributed by atoms with E-state index in [9.17, 15) is 8.78 Å². The smallest absolute Gasteiger partial charge is 0.224 e. The number of pyridine rings is 1. The van der Waals surface area contributed by atoms with Gasteiger partial charge in [-0.15, -0.1) is 0 Å². The van der Waals surface area contributed by atoms with E-state index in [0.29, 0.717) is 5.56 Å². The fraction of sp³-hybridized carbons (Fsp3) is 0.312. The molecule has 1 heterocycles. The van der Waals surface area contributed by atoms with Gasteiger partial charge in [0.15, 0.2) is 11.6 Å². The number of halogens is 2. The molecule has 2 aromatic rings. The normalized spacial score (nSPS) is 13.9. The van der Waals surface area contributed by atoms with Gasteiger partial charge in [-0.05, 0) is 49.4 Å². The van der Waals surface area contributed by atoms with Crippen molar-refractivity contribution in [1.82, 2.24) is 4.98 Å². The second-order valence-corrected chi connectivity index (χ2v) is 5.15. The van der Waals surface area contributed by atoms with Crippen LogP contribution in [0.4, 0.5) is 8.78 Å². The second-order valence-electron chi connectivity index (χ2n) is 5.15. The molecule has 5 heteroatoms. The molecule has 0 aliphatic heterocycles. The van der Waals surface area contributed by atoms with E-state index in [2.05, 4.69) is 4.98 Å². The summed E-state index contributed by atoms with van der Waals surface area (Å²) >= 11 is 0. The number of rotatable bonds is 3. The average molecular weight is 290 g/mol. The van der Waals surface area contributed by atoms with Crippen LogP contribution in [0, 0.1) is 11.6 Å². The lowest BCUT2D eigenvalue weighted by atomic mass is 9.95. The molecule has 0 fully saturated rings. The summed E-state index contributed by atoms with van der Waals surface area (Å²) in [6.07, 6.45) is 4.07. The maximum atomic E-state index is 13.7. The van der Waals surface area contributed by atoms with Gasteiger partial charge in [0.1, 0.15) is 5.82 Å². The molecule has 1 aromatic carbocycles. The molecule has 21 heavy (non-hydrogen) atoms. The number of aromatic nitrogens is 1. The van der Waals surface area contributed by atoms with E-state index in [1.54, 1.807) is 0 Å². The second kappa shape index (κ2) is 5.77. The van der Waals surface area contributed by atoms with Crippen LogP contribution >= 0.6 is 0 Å². The molecule has 0 spiro atoms. The van der Waals surface area contributed by atoms with Gasteiger partial charge in [0, 0.05) is 23.9 Å². The summed E-state index contributed by atoms with van der Waals surface area (Å²) in [4.78, 5) is 4.46. The summed E-state index contributed by atoms with van der Waals surface area (Å²) in [5.41, 5.74) is 8.56. The van der Waals surface area contributed by atoms with Crippen molar-refractivity contribution >= 4 is 0 Å². The SMILES string of the molecule is NCc1cc2c(nc1Oc1cc(F)ccc1F)CCCC2. The number of hydrogen-bond donors (Lipinski definition) is 1. The Hall–Kier alpha value is -2.01. The zero-order valence-corrected chi connectivity index (χ0v) is 11.5. The molecule has 3 rings (SSSR count). The fourth-order valence-electron chi connectivity index (χ4n) is 2.56. The summed E-state index contributed by atoms with van der Waals surface area (Å²) in [5, 5.41) is 0. The van der Waals surface area contributed by atoms with E-state index in [-0.39, 0.29) is 18.2 Å². The van der Waals surface area contributed by atoms with E-state index in [1.165, 1.54) is 5.56 Å². The summed E-state index contributed by atoms with van der Waals surface area (Å²) in [5.74, 6) is -1.09. The monoisotopic (exact) mass is 290 g/mol. The first kappa shape index (κ1) is 13.9. The van der Waals surface area contributed by atoms with E-state index >= 15 is 0 Å². The number of benzene rings is 1. The molecule has 0 bridgehead atoms. The third-order valence-electron chi connectivity index (χ3n) is 3.66. The lowest BCUT2D eigenvalue weighted by Crippen LogP contribution is -2.10. The molecular weight excluding hydrogens is 274 g/mol. The highest BCUT2D eigenvalue weighted by molar-refractivity contribution is 5.39. The first-order valence-electron chi connectivity index (χ1n) is 7.02. The zero-order chi connectivity index (χ0) is 14.8. The van der Waals surface area contributed by atoms with Crippen LogP contribution in [0.15, 0.2) is 24.3 Å². The number of fused-ring (bicyclic) bond motifs is 1. The molecule has 1 aliphatic rings. The van der Waals surface area contributed by atoms with Gasteiger partial charge in [0.2, 0.25) is 5.88 Å². The molecule has 1 aromatic heterocycles. The summed E-state index contributed by atoms with van der Waals surface area (Å²) in [7, 11) is 0. The Morgan fingerprint density at radius 2 is 1.95 bits per heavy atom. The summed E-state index contributed by atoms with van der Waals surface area (Å²) < 4.78 is 32.4. The molecule has 0 atom stereocenters. The van der Waals surface area contributed by atoms with Crippen molar-refractivity contribution in [1.29, 1.82) is 0 Å². The predicted molar refractivity (Wildman–Crippen MR) is 75.2 cm³/mol. The van der Waals surface area contributed by atoms with Gasteiger partial charge in [0.05, 0.1) is 0 Å². The molecule has 3 nitrogen and oxygen atoms in total. The van der Waals surface area contributed by atoms with E-state index in [4.69, 9.17) is 10.5 Å². The highest BCUT2D eigenvalue weighted by atomic mass is 19.1. The van der Waals surface area contributed by atoms with Crippen molar-refractivity contribution in [3.8, 4) is 11.6 Å². The van der Waals surface area contributed by atoms with Gasteiger partial charge in [0.25, 0.3) is 0 Å². The topological polar surface area (TPSA) is 48.1 Å². The van der Waals surface area contributed by atoms with Crippen LogP contribution in [0.25, 0.3) is 0 Å². The van der Waals surface area contributed by atoms with Gasteiger partial charge in [-0.2, -0.15) is 0 Å². The van der Waals surface area contributed by atoms with Crippen LogP contribution in [0.3, 0.4) is 0 Å². The van der Waals surface area contributed by atoms with Crippen molar-refractivity contribution in [2.75, 3.05) is 0 Å². The molecule has 0 unspecified atom stereocenters. The van der Waals surface area contributed by atoms with Crippen molar-refractivity contribution in [2.24, 2.45) is 5.73 Å². The molecule has 0 saturated heterocycles. The fourth-order valence-corrected chi connectivity index (χ4v) is 2.56. The average Bonchev–Trinajstić information content (AvgIpc) is 2.50. The Kier molecular flexibility index (Phi) is 3.84. The molecule has 2 N–H and O–H groups in total. The Bertz CT molecular complexity index is 674. The van der Waals surface area contributed by atoms with Crippen molar-refractivity contribution in [3.63, 3.8) is 0 Å². The van der Waals surface area contributed by atoms with E-state index < -0.39 is 11.6 Å². The summed E-state index contributed by atoms with van der Waals surface area (Å²) in [6, 6.07) is 5.06. The van der Waals surface area contributed by atoms with E-state index in [0.717, 1.165) is 49.6 Å². The lowest BCUT2D eigenvalue weighted by molar-refractivity contribution is 0.414. The Balaban J connectivity index is 1.99. The Morgan fingerprint density at radius 1 is 1.14 bits per heavy atom. The van der Waals surface area contributed by atoms with Crippen molar-refractivity contribution in [3.05, 3.63) is 52.7 Å². The minimum absolute atomic E-state index is 0.173. The zero-order valence-electron chi connectivity index (χ0n) is 11.5. The van der Waals surface area contributed by atoms with Gasteiger partial charge >= 0.3 is 0 Å². The van der Waals surface area contributed by atoms with Gasteiger partial charge < -0.3 is 10.5 Å². The number of nitrogens with two attached hydrogens (primary N) is 1. The molecule has 0 saturated carbocycles. The first-order chi connectivity index (χ1) is 10.2. The summed E-state index contributed by atoms with van der Waals surface area (Å²) in [6.45, 7) is 0.243. The van der Waals surface area contributed by atoms with E-state index in [1.807, 2.05) is 6.07 Å². The van der Waals surface area contributed by atoms with Crippen LogP contribution in [-0.4, -0.2) is 4.98 Å².